The van der Waals surface area contributed by atoms with Gasteiger partial charge in [0, 0.05) is 30.0 Å². The predicted molar refractivity (Wildman–Crippen MR) is 69.1 cm³/mol. The highest BCUT2D eigenvalue weighted by atomic mass is 32.2. The van der Waals surface area contributed by atoms with Crippen molar-refractivity contribution < 1.29 is 9.53 Å². The Kier molecular flexibility index (Phi) is 3.07. The summed E-state index contributed by atoms with van der Waals surface area (Å²) < 4.78 is 5.45. The second-order valence-electron chi connectivity index (χ2n) is 4.37. The fourth-order valence-corrected chi connectivity index (χ4v) is 3.21. The van der Waals surface area contributed by atoms with E-state index in [1.165, 1.54) is 5.56 Å². The Morgan fingerprint density at radius 3 is 3.24 bits per heavy atom. The van der Waals surface area contributed by atoms with Crippen LogP contribution in [0.2, 0.25) is 0 Å². The highest BCUT2D eigenvalue weighted by Gasteiger charge is 2.23. The lowest BCUT2D eigenvalue weighted by Crippen LogP contribution is -2.43. The first-order valence-corrected chi connectivity index (χ1v) is 7.11. The molecule has 0 bridgehead atoms. The van der Waals surface area contributed by atoms with Gasteiger partial charge in [0.25, 0.3) is 0 Å². The lowest BCUT2D eigenvalue weighted by Gasteiger charge is -2.22. The summed E-state index contributed by atoms with van der Waals surface area (Å²) in [5, 5.41) is 3.28. The standard InChI is InChI=1S/C13H15NO2S/c15-13(11-8-17-6-4-14-11)10-1-2-12-9(7-10)3-5-16-12/h1-2,7,11,14H,3-6,8H2. The molecule has 0 amide bonds. The molecule has 1 saturated heterocycles. The predicted octanol–water partition coefficient (Wildman–Crippen LogP) is 1.51. The Balaban J connectivity index is 1.81. The number of ketones is 1. The number of hydrogen-bond acceptors (Lipinski definition) is 4. The average Bonchev–Trinajstić information content (AvgIpc) is 2.86. The summed E-state index contributed by atoms with van der Waals surface area (Å²) in [7, 11) is 0. The Morgan fingerprint density at radius 1 is 1.47 bits per heavy atom. The summed E-state index contributed by atoms with van der Waals surface area (Å²) in [5.41, 5.74) is 1.98. The molecular weight excluding hydrogens is 234 g/mol. The van der Waals surface area contributed by atoms with Crippen molar-refractivity contribution in [3.8, 4) is 5.75 Å². The number of rotatable bonds is 2. The number of nitrogens with one attached hydrogen (secondary N) is 1. The van der Waals surface area contributed by atoms with Crippen LogP contribution < -0.4 is 10.1 Å². The minimum absolute atomic E-state index is 0.0193. The Hall–Kier alpha value is -1.00. The van der Waals surface area contributed by atoms with E-state index in [1.54, 1.807) is 0 Å². The molecule has 2 aliphatic heterocycles. The van der Waals surface area contributed by atoms with E-state index in [4.69, 9.17) is 4.74 Å². The van der Waals surface area contributed by atoms with E-state index in [9.17, 15) is 4.79 Å². The van der Waals surface area contributed by atoms with Crippen LogP contribution >= 0.6 is 11.8 Å². The van der Waals surface area contributed by atoms with Crippen LogP contribution in [0.3, 0.4) is 0 Å². The van der Waals surface area contributed by atoms with E-state index in [-0.39, 0.29) is 11.8 Å². The second kappa shape index (κ2) is 4.70. The Morgan fingerprint density at radius 2 is 2.41 bits per heavy atom. The minimum Gasteiger partial charge on any atom is -0.493 e. The molecule has 0 spiro atoms. The SMILES string of the molecule is O=C(c1ccc2c(c1)CCO2)C1CSCCN1. The second-order valence-corrected chi connectivity index (χ2v) is 5.52. The van der Waals surface area contributed by atoms with Crippen LogP contribution in [0.1, 0.15) is 15.9 Å². The van der Waals surface area contributed by atoms with Gasteiger partial charge < -0.3 is 10.1 Å². The van der Waals surface area contributed by atoms with Crippen LogP contribution in [0.15, 0.2) is 18.2 Å². The molecule has 0 aliphatic carbocycles. The Labute approximate surface area is 105 Å². The van der Waals surface area contributed by atoms with Crippen molar-refractivity contribution in [2.45, 2.75) is 12.5 Å². The van der Waals surface area contributed by atoms with Crippen molar-refractivity contribution in [2.75, 3.05) is 24.7 Å². The van der Waals surface area contributed by atoms with Crippen molar-refractivity contribution in [1.82, 2.24) is 5.32 Å². The minimum atomic E-state index is -0.0193. The van der Waals surface area contributed by atoms with Gasteiger partial charge >= 0.3 is 0 Å². The van der Waals surface area contributed by atoms with Gasteiger partial charge in [-0.05, 0) is 23.8 Å². The molecule has 1 aromatic rings. The molecule has 1 aromatic carbocycles. The maximum Gasteiger partial charge on any atom is 0.180 e. The molecule has 3 nitrogen and oxygen atoms in total. The third kappa shape index (κ3) is 2.19. The summed E-state index contributed by atoms with van der Waals surface area (Å²) in [6.45, 7) is 1.67. The number of ether oxygens (including phenoxy) is 1. The van der Waals surface area contributed by atoms with Gasteiger partial charge in [0.1, 0.15) is 5.75 Å². The van der Waals surface area contributed by atoms with Gasteiger partial charge in [0.15, 0.2) is 5.78 Å². The molecule has 0 saturated carbocycles. The molecule has 3 rings (SSSR count). The summed E-state index contributed by atoms with van der Waals surface area (Å²) in [6.07, 6.45) is 0.920. The van der Waals surface area contributed by atoms with Gasteiger partial charge in [-0.25, -0.2) is 0 Å². The molecule has 0 radical (unpaired) electrons. The molecule has 4 heteroatoms. The van der Waals surface area contributed by atoms with Crippen LogP contribution in [0, 0.1) is 0 Å². The fraction of sp³-hybridized carbons (Fsp3) is 0.462. The largest absolute Gasteiger partial charge is 0.493 e. The molecule has 1 fully saturated rings. The smallest absolute Gasteiger partial charge is 0.180 e. The van der Waals surface area contributed by atoms with Crippen molar-refractivity contribution >= 4 is 17.5 Å². The summed E-state index contributed by atoms with van der Waals surface area (Å²) in [4.78, 5) is 12.3. The van der Waals surface area contributed by atoms with E-state index in [2.05, 4.69) is 5.32 Å². The highest BCUT2D eigenvalue weighted by molar-refractivity contribution is 7.99. The van der Waals surface area contributed by atoms with Gasteiger partial charge in [-0.3, -0.25) is 4.79 Å². The van der Waals surface area contributed by atoms with Crippen LogP contribution in [-0.4, -0.2) is 36.5 Å². The summed E-state index contributed by atoms with van der Waals surface area (Å²) in [6, 6.07) is 5.78. The number of benzene rings is 1. The fourth-order valence-electron chi connectivity index (χ4n) is 2.27. The van der Waals surface area contributed by atoms with Gasteiger partial charge in [-0.1, -0.05) is 0 Å². The monoisotopic (exact) mass is 249 g/mol. The molecule has 2 heterocycles. The maximum absolute atomic E-state index is 12.3. The quantitative estimate of drug-likeness (QED) is 0.806. The average molecular weight is 249 g/mol. The molecule has 1 N–H and O–H groups in total. The maximum atomic E-state index is 12.3. The molecule has 90 valence electrons. The zero-order valence-electron chi connectivity index (χ0n) is 9.57. The van der Waals surface area contributed by atoms with Gasteiger partial charge in [0.2, 0.25) is 0 Å². The normalized spacial score (nSPS) is 22.9. The number of carbonyl (C=O) groups excluding carboxylic acids is 1. The van der Waals surface area contributed by atoms with E-state index in [1.807, 2.05) is 30.0 Å². The Bertz CT molecular complexity index is 441. The topological polar surface area (TPSA) is 38.3 Å². The van der Waals surface area contributed by atoms with Crippen LogP contribution in [0.4, 0.5) is 0 Å². The van der Waals surface area contributed by atoms with E-state index in [0.29, 0.717) is 0 Å². The lowest BCUT2D eigenvalue weighted by molar-refractivity contribution is 0.0953. The third-order valence-electron chi connectivity index (χ3n) is 3.21. The van der Waals surface area contributed by atoms with E-state index in [0.717, 1.165) is 42.4 Å². The van der Waals surface area contributed by atoms with Crippen molar-refractivity contribution in [3.63, 3.8) is 0 Å². The molecule has 1 atom stereocenters. The number of hydrogen-bond donors (Lipinski definition) is 1. The van der Waals surface area contributed by atoms with Crippen LogP contribution in [-0.2, 0) is 6.42 Å². The zero-order valence-corrected chi connectivity index (χ0v) is 10.4. The molecule has 0 aromatic heterocycles. The van der Waals surface area contributed by atoms with E-state index < -0.39 is 0 Å². The van der Waals surface area contributed by atoms with Crippen molar-refractivity contribution in [2.24, 2.45) is 0 Å². The van der Waals surface area contributed by atoms with Gasteiger partial charge in [-0.2, -0.15) is 11.8 Å². The summed E-state index contributed by atoms with van der Waals surface area (Å²) >= 11 is 1.84. The van der Waals surface area contributed by atoms with E-state index >= 15 is 0 Å². The molecule has 1 unspecified atom stereocenters. The molecular formula is C13H15NO2S. The zero-order chi connectivity index (χ0) is 11.7. The number of carbonyl (C=O) groups is 1. The number of Topliss-reactive ketones (excluding diaryl/α,β-unsaturated/α-hetero) is 1. The van der Waals surface area contributed by atoms with Gasteiger partial charge in [-0.15, -0.1) is 0 Å². The molecule has 17 heavy (non-hydrogen) atoms. The number of thioether (sulfide) groups is 1. The van der Waals surface area contributed by atoms with Gasteiger partial charge in [0.05, 0.1) is 12.6 Å². The summed E-state index contributed by atoms with van der Waals surface area (Å²) in [5.74, 6) is 3.13. The third-order valence-corrected chi connectivity index (χ3v) is 4.27. The van der Waals surface area contributed by atoms with Crippen molar-refractivity contribution in [3.05, 3.63) is 29.3 Å². The highest BCUT2D eigenvalue weighted by Crippen LogP contribution is 2.26. The lowest BCUT2D eigenvalue weighted by atomic mass is 10.0. The first kappa shape index (κ1) is 11.1. The van der Waals surface area contributed by atoms with Crippen LogP contribution in [0.5, 0.6) is 5.75 Å². The van der Waals surface area contributed by atoms with Crippen molar-refractivity contribution in [1.29, 1.82) is 0 Å². The first-order valence-electron chi connectivity index (χ1n) is 5.96. The van der Waals surface area contributed by atoms with Crippen LogP contribution in [0.25, 0.3) is 0 Å². The first-order chi connectivity index (χ1) is 8.34. The molecule has 2 aliphatic rings. The number of fused-ring (bicyclic) bond motifs is 1.